The molecule has 1 fully saturated rings. The topological polar surface area (TPSA) is 152 Å². The van der Waals surface area contributed by atoms with Crippen molar-refractivity contribution in [2.75, 3.05) is 0 Å². The van der Waals surface area contributed by atoms with Crippen LogP contribution in [-0.2, 0) is 22.3 Å². The van der Waals surface area contributed by atoms with Crippen LogP contribution in [0.3, 0.4) is 0 Å². The lowest BCUT2D eigenvalue weighted by Gasteiger charge is -2.51. The molecule has 3 heterocycles. The van der Waals surface area contributed by atoms with E-state index in [4.69, 9.17) is 18.9 Å². The molecule has 0 saturated carbocycles. The van der Waals surface area contributed by atoms with Gasteiger partial charge in [0.05, 0.1) is 47.4 Å². The smallest absolute Gasteiger partial charge is 0.170 e. The maximum Gasteiger partial charge on any atom is 0.170 e. The molecule has 0 radical (unpaired) electrons. The molecule has 0 spiro atoms. The molecule has 4 aromatic rings. The molecule has 50 heavy (non-hydrogen) atoms. The minimum atomic E-state index is -0.862. The second kappa shape index (κ2) is 12.4. The first-order chi connectivity index (χ1) is 23.7. The Kier molecular flexibility index (Phi) is 8.27. The summed E-state index contributed by atoms with van der Waals surface area (Å²) in [7, 11) is 0. The molecule has 10 nitrogen and oxygen atoms in total. The summed E-state index contributed by atoms with van der Waals surface area (Å²) in [4.78, 5) is 26.6. The molecule has 4 N–H and O–H groups in total. The molecule has 10 heteroatoms. The molecule has 0 bridgehead atoms. The number of benzene rings is 4. The number of hydrogen-bond donors (Lipinski definition) is 4. The third kappa shape index (κ3) is 6.14. The summed E-state index contributed by atoms with van der Waals surface area (Å²) in [6, 6.07) is 19.1. The van der Waals surface area contributed by atoms with Crippen molar-refractivity contribution in [1.82, 2.24) is 0 Å². The van der Waals surface area contributed by atoms with Crippen molar-refractivity contribution in [2.45, 2.75) is 89.0 Å². The van der Waals surface area contributed by atoms with E-state index in [9.17, 15) is 30.0 Å². The van der Waals surface area contributed by atoms with Gasteiger partial charge in [-0.3, -0.25) is 9.59 Å². The molecular formula is C40H40O10. The Morgan fingerprint density at radius 1 is 0.580 bits per heavy atom. The van der Waals surface area contributed by atoms with E-state index in [0.717, 1.165) is 11.1 Å². The summed E-state index contributed by atoms with van der Waals surface area (Å²) in [6.45, 7) is 7.61. The monoisotopic (exact) mass is 680 g/mol. The van der Waals surface area contributed by atoms with Crippen LogP contribution in [0.5, 0.6) is 34.5 Å². The van der Waals surface area contributed by atoms with Gasteiger partial charge in [-0.25, -0.2) is 0 Å². The van der Waals surface area contributed by atoms with Gasteiger partial charge in [-0.2, -0.15) is 0 Å². The summed E-state index contributed by atoms with van der Waals surface area (Å²) < 4.78 is 26.3. The highest BCUT2D eigenvalue weighted by Gasteiger charge is 2.49. The summed E-state index contributed by atoms with van der Waals surface area (Å²) >= 11 is 0. The third-order valence-electron chi connectivity index (χ3n) is 10.0. The Balaban J connectivity index is 1.19. The zero-order valence-corrected chi connectivity index (χ0v) is 28.3. The lowest BCUT2D eigenvalue weighted by Crippen LogP contribution is -2.60. The Hall–Kier alpha value is -5.06. The van der Waals surface area contributed by atoms with Crippen LogP contribution in [0.25, 0.3) is 0 Å². The van der Waals surface area contributed by atoms with Crippen LogP contribution < -0.4 is 9.47 Å². The molecule has 0 unspecified atom stereocenters. The van der Waals surface area contributed by atoms with Gasteiger partial charge >= 0.3 is 0 Å². The normalized spacial score (nSPS) is 23.7. The number of Topliss-reactive ketones (excluding diaryl/α,β-unsaturated/α-hetero) is 2. The second-order valence-corrected chi connectivity index (χ2v) is 14.4. The molecule has 7 rings (SSSR count). The molecule has 260 valence electrons. The molecular weight excluding hydrogens is 640 g/mol. The van der Waals surface area contributed by atoms with Crippen molar-refractivity contribution in [2.24, 2.45) is 0 Å². The van der Waals surface area contributed by atoms with Crippen LogP contribution in [0.4, 0.5) is 0 Å². The Morgan fingerprint density at radius 3 is 1.34 bits per heavy atom. The summed E-state index contributed by atoms with van der Waals surface area (Å²) in [5, 5.41) is 41.9. The Morgan fingerprint density at radius 2 is 0.960 bits per heavy atom. The van der Waals surface area contributed by atoms with Gasteiger partial charge in [0.2, 0.25) is 0 Å². The van der Waals surface area contributed by atoms with Gasteiger partial charge < -0.3 is 39.4 Å². The first-order valence-corrected chi connectivity index (χ1v) is 16.7. The van der Waals surface area contributed by atoms with Crippen molar-refractivity contribution in [3.63, 3.8) is 0 Å². The third-order valence-corrected chi connectivity index (χ3v) is 10.0. The molecule has 0 aliphatic carbocycles. The minimum absolute atomic E-state index is 0.0503. The lowest BCUT2D eigenvalue weighted by molar-refractivity contribution is -0.291. The number of phenols is 4. The van der Waals surface area contributed by atoms with Gasteiger partial charge in [0.25, 0.3) is 0 Å². The lowest BCUT2D eigenvalue weighted by atomic mass is 9.84. The fourth-order valence-corrected chi connectivity index (χ4v) is 7.31. The summed E-state index contributed by atoms with van der Waals surface area (Å²) in [5.74, 6) is 0.399. The quantitative estimate of drug-likeness (QED) is 0.167. The molecule has 0 aromatic heterocycles. The number of ether oxygens (including phenoxy) is 4. The van der Waals surface area contributed by atoms with Gasteiger partial charge in [-0.1, -0.05) is 24.3 Å². The zero-order valence-electron chi connectivity index (χ0n) is 28.3. The standard InChI is InChI=1S/C40H40O10/c1-39(2)35(17-27-29(43)15-13-25-31(45)19-33(47-37(25)27)21-5-9-23(41)10-6-21)49-36(40(3,4)50-39)18-28-30(44)16-14-26-32(46)20-34(48-38(26)28)22-7-11-24(42)12-8-22/h5-16,33-36,41-44H,17-20H2,1-4H3/t33-,34-,35-,36+/m0/s1. The van der Waals surface area contributed by atoms with E-state index in [-0.39, 0.29) is 71.7 Å². The average molecular weight is 681 g/mol. The maximum absolute atomic E-state index is 13.3. The van der Waals surface area contributed by atoms with Crippen LogP contribution >= 0.6 is 0 Å². The molecule has 3 aliphatic heterocycles. The number of ketones is 2. The highest BCUT2D eigenvalue weighted by Crippen LogP contribution is 2.47. The van der Waals surface area contributed by atoms with Gasteiger partial charge in [-0.15, -0.1) is 0 Å². The number of aromatic hydroxyl groups is 4. The van der Waals surface area contributed by atoms with Crippen molar-refractivity contribution >= 4 is 11.6 Å². The van der Waals surface area contributed by atoms with E-state index in [1.165, 1.54) is 36.4 Å². The Labute approximate surface area is 289 Å². The summed E-state index contributed by atoms with van der Waals surface area (Å²) in [6.07, 6.45) is -2.01. The molecule has 3 aliphatic rings. The van der Waals surface area contributed by atoms with Crippen LogP contribution in [0, 0.1) is 0 Å². The Bertz CT molecular complexity index is 1820. The second-order valence-electron chi connectivity index (χ2n) is 14.4. The van der Waals surface area contributed by atoms with E-state index >= 15 is 0 Å². The van der Waals surface area contributed by atoms with Crippen LogP contribution in [0.2, 0.25) is 0 Å². The first-order valence-electron chi connectivity index (χ1n) is 16.7. The zero-order chi connectivity index (χ0) is 35.5. The van der Waals surface area contributed by atoms with E-state index < -0.39 is 35.6 Å². The number of phenolic OH excluding ortho intramolecular Hbond substituents is 4. The number of rotatable bonds is 6. The highest BCUT2D eigenvalue weighted by atomic mass is 16.6. The van der Waals surface area contributed by atoms with Crippen LogP contribution in [-0.4, -0.2) is 55.4 Å². The van der Waals surface area contributed by atoms with E-state index in [0.29, 0.717) is 22.3 Å². The van der Waals surface area contributed by atoms with Gasteiger partial charge in [0, 0.05) is 24.0 Å². The predicted octanol–water partition coefficient (Wildman–Crippen LogP) is 7.05. The van der Waals surface area contributed by atoms with E-state index in [1.54, 1.807) is 36.4 Å². The first kappa shape index (κ1) is 33.4. The summed E-state index contributed by atoms with van der Waals surface area (Å²) in [5.41, 5.74) is 1.26. The molecule has 4 atom stereocenters. The van der Waals surface area contributed by atoms with Crippen molar-refractivity contribution in [3.05, 3.63) is 106 Å². The van der Waals surface area contributed by atoms with Gasteiger partial charge in [-0.05, 0) is 87.4 Å². The van der Waals surface area contributed by atoms with Gasteiger partial charge in [0.1, 0.15) is 46.7 Å². The number of carbonyl (C=O) groups excluding carboxylic acids is 2. The SMILES string of the molecule is CC1(C)OC(C)(C)[C@@H](Cc2c(O)ccc3c2O[C@H](c2ccc(O)cc2)CC3=O)O[C@H]1Cc1c(O)ccc2c1O[C@H](c1ccc(O)cc1)CC2=O. The van der Waals surface area contributed by atoms with E-state index in [2.05, 4.69) is 0 Å². The van der Waals surface area contributed by atoms with Crippen molar-refractivity contribution in [1.29, 1.82) is 0 Å². The minimum Gasteiger partial charge on any atom is -0.508 e. The number of fused-ring (bicyclic) bond motifs is 2. The molecule has 4 aromatic carbocycles. The molecule has 0 amide bonds. The maximum atomic E-state index is 13.3. The largest absolute Gasteiger partial charge is 0.508 e. The van der Waals surface area contributed by atoms with Crippen molar-refractivity contribution < 1.29 is 49.0 Å². The highest BCUT2D eigenvalue weighted by molar-refractivity contribution is 6.01. The average Bonchev–Trinajstić information content (AvgIpc) is 3.05. The van der Waals surface area contributed by atoms with Crippen molar-refractivity contribution in [3.8, 4) is 34.5 Å². The van der Waals surface area contributed by atoms with E-state index in [1.807, 2.05) is 27.7 Å². The fraction of sp³-hybridized carbons (Fsp3) is 0.350. The molecule has 1 saturated heterocycles. The van der Waals surface area contributed by atoms with Gasteiger partial charge in [0.15, 0.2) is 11.6 Å². The number of hydrogen-bond acceptors (Lipinski definition) is 10. The van der Waals surface area contributed by atoms with Crippen LogP contribution in [0.15, 0.2) is 72.8 Å². The number of carbonyl (C=O) groups is 2. The predicted molar refractivity (Wildman–Crippen MR) is 182 cm³/mol. The van der Waals surface area contributed by atoms with Crippen LogP contribution in [0.1, 0.15) is 95.7 Å². The fourth-order valence-electron chi connectivity index (χ4n) is 7.31.